The number of hydrogen-bond acceptors (Lipinski definition) is 3. The van der Waals surface area contributed by atoms with Gasteiger partial charge in [-0.05, 0) is 43.3 Å². The largest absolute Gasteiger partial charge is 0.494 e. The molecule has 0 aliphatic carbocycles. The third-order valence-electron chi connectivity index (χ3n) is 2.73. The molecular formula is C15H16N2O3. The van der Waals surface area contributed by atoms with Crippen LogP contribution in [0.5, 0.6) is 5.75 Å². The fourth-order valence-corrected chi connectivity index (χ4v) is 1.73. The lowest BCUT2D eigenvalue weighted by atomic mass is 10.3. The van der Waals surface area contributed by atoms with Crippen LogP contribution in [0.25, 0.3) is 0 Å². The number of benzene rings is 1. The fourth-order valence-electron chi connectivity index (χ4n) is 1.73. The zero-order valence-corrected chi connectivity index (χ0v) is 11.4. The lowest BCUT2D eigenvalue weighted by Gasteiger charge is -2.06. The lowest BCUT2D eigenvalue weighted by molar-refractivity contribution is 0.101. The maximum absolute atomic E-state index is 12.0. The van der Waals surface area contributed by atoms with Crippen molar-refractivity contribution in [3.05, 3.63) is 47.8 Å². The van der Waals surface area contributed by atoms with Crippen molar-refractivity contribution in [2.45, 2.75) is 13.8 Å². The summed E-state index contributed by atoms with van der Waals surface area (Å²) in [5.41, 5.74) is 1.43. The SMILES string of the molecule is CCOc1ccc(NC(=O)c2ccc(C(C)=O)[nH]2)cc1. The van der Waals surface area contributed by atoms with Crippen LogP contribution in [0.3, 0.4) is 0 Å². The number of ether oxygens (including phenoxy) is 1. The minimum atomic E-state index is -0.290. The van der Waals surface area contributed by atoms with Gasteiger partial charge in [0, 0.05) is 12.6 Å². The second kappa shape index (κ2) is 6.06. The van der Waals surface area contributed by atoms with Crippen molar-refractivity contribution in [2.75, 3.05) is 11.9 Å². The topological polar surface area (TPSA) is 71.2 Å². The van der Waals surface area contributed by atoms with E-state index in [1.54, 1.807) is 36.4 Å². The lowest BCUT2D eigenvalue weighted by Crippen LogP contribution is -2.12. The molecule has 0 aliphatic rings. The molecule has 20 heavy (non-hydrogen) atoms. The Morgan fingerprint density at radius 2 is 1.75 bits per heavy atom. The van der Waals surface area contributed by atoms with E-state index in [9.17, 15) is 9.59 Å². The maximum Gasteiger partial charge on any atom is 0.272 e. The first-order valence-corrected chi connectivity index (χ1v) is 6.34. The first-order chi connectivity index (χ1) is 9.60. The molecule has 2 rings (SSSR count). The Hall–Kier alpha value is -2.56. The molecule has 5 nitrogen and oxygen atoms in total. The van der Waals surface area contributed by atoms with Crippen molar-refractivity contribution in [3.63, 3.8) is 0 Å². The van der Waals surface area contributed by atoms with Crippen LogP contribution in [-0.2, 0) is 0 Å². The van der Waals surface area contributed by atoms with E-state index in [1.807, 2.05) is 6.92 Å². The van der Waals surface area contributed by atoms with Crippen LogP contribution in [0.15, 0.2) is 36.4 Å². The normalized spacial score (nSPS) is 10.1. The molecule has 1 heterocycles. The highest BCUT2D eigenvalue weighted by Crippen LogP contribution is 2.16. The number of ketones is 1. The van der Waals surface area contributed by atoms with Gasteiger partial charge in [0.1, 0.15) is 11.4 Å². The summed E-state index contributed by atoms with van der Waals surface area (Å²) >= 11 is 0. The first-order valence-electron chi connectivity index (χ1n) is 6.34. The summed E-state index contributed by atoms with van der Waals surface area (Å²) in [4.78, 5) is 25.9. The highest BCUT2D eigenvalue weighted by atomic mass is 16.5. The number of Topliss-reactive ketones (excluding diaryl/α,β-unsaturated/α-hetero) is 1. The van der Waals surface area contributed by atoms with Crippen LogP contribution in [-0.4, -0.2) is 23.3 Å². The Morgan fingerprint density at radius 1 is 1.10 bits per heavy atom. The number of aromatic amines is 1. The summed E-state index contributed by atoms with van der Waals surface area (Å²) in [5.74, 6) is 0.357. The van der Waals surface area contributed by atoms with Crippen LogP contribution in [0, 0.1) is 0 Å². The van der Waals surface area contributed by atoms with Crippen molar-refractivity contribution in [2.24, 2.45) is 0 Å². The van der Waals surface area contributed by atoms with Crippen molar-refractivity contribution in [1.29, 1.82) is 0 Å². The van der Waals surface area contributed by atoms with Crippen LogP contribution >= 0.6 is 0 Å². The molecule has 1 aromatic carbocycles. The summed E-state index contributed by atoms with van der Waals surface area (Å²) in [6, 6.07) is 10.3. The number of aromatic nitrogens is 1. The van der Waals surface area contributed by atoms with Crippen LogP contribution in [0.4, 0.5) is 5.69 Å². The van der Waals surface area contributed by atoms with Gasteiger partial charge in [0.05, 0.1) is 12.3 Å². The van der Waals surface area contributed by atoms with Gasteiger partial charge < -0.3 is 15.0 Å². The van der Waals surface area contributed by atoms with Gasteiger partial charge in [0.25, 0.3) is 5.91 Å². The highest BCUT2D eigenvalue weighted by Gasteiger charge is 2.10. The number of hydrogen-bond donors (Lipinski definition) is 2. The number of nitrogens with one attached hydrogen (secondary N) is 2. The molecule has 0 saturated carbocycles. The Kier molecular flexibility index (Phi) is 4.20. The quantitative estimate of drug-likeness (QED) is 0.822. The van der Waals surface area contributed by atoms with Gasteiger partial charge >= 0.3 is 0 Å². The van der Waals surface area contributed by atoms with E-state index in [1.165, 1.54) is 6.92 Å². The minimum absolute atomic E-state index is 0.106. The van der Waals surface area contributed by atoms with Crippen LogP contribution < -0.4 is 10.1 Å². The first kappa shape index (κ1) is 13.9. The molecule has 0 unspecified atom stereocenters. The zero-order valence-electron chi connectivity index (χ0n) is 11.4. The molecule has 0 bridgehead atoms. The molecule has 1 amide bonds. The van der Waals surface area contributed by atoms with Crippen molar-refractivity contribution >= 4 is 17.4 Å². The predicted molar refractivity (Wildman–Crippen MR) is 76.4 cm³/mol. The van der Waals surface area contributed by atoms with Crippen LogP contribution in [0.1, 0.15) is 34.8 Å². The van der Waals surface area contributed by atoms with Gasteiger partial charge in [0.2, 0.25) is 0 Å². The van der Waals surface area contributed by atoms with Crippen molar-refractivity contribution in [1.82, 2.24) is 4.98 Å². The van der Waals surface area contributed by atoms with Gasteiger partial charge in [-0.3, -0.25) is 9.59 Å². The molecule has 0 radical (unpaired) electrons. The summed E-state index contributed by atoms with van der Waals surface area (Å²) in [7, 11) is 0. The average molecular weight is 272 g/mol. The minimum Gasteiger partial charge on any atom is -0.494 e. The standard InChI is InChI=1S/C15H16N2O3/c1-3-20-12-6-4-11(5-7-12)16-15(19)14-9-8-13(17-14)10(2)18/h4-9,17H,3H2,1-2H3,(H,16,19). The molecule has 2 aromatic rings. The van der Waals surface area contributed by atoms with Gasteiger partial charge in [0.15, 0.2) is 5.78 Å². The molecular weight excluding hydrogens is 256 g/mol. The summed E-state index contributed by atoms with van der Waals surface area (Å²) in [5, 5.41) is 2.74. The van der Waals surface area contributed by atoms with Gasteiger partial charge in [-0.2, -0.15) is 0 Å². The smallest absolute Gasteiger partial charge is 0.272 e. The second-order valence-electron chi connectivity index (χ2n) is 4.25. The summed E-state index contributed by atoms with van der Waals surface area (Å²) in [6.07, 6.45) is 0. The van der Waals surface area contributed by atoms with E-state index in [-0.39, 0.29) is 11.7 Å². The third kappa shape index (κ3) is 3.26. The molecule has 0 saturated heterocycles. The number of carbonyl (C=O) groups is 2. The molecule has 0 fully saturated rings. The molecule has 2 N–H and O–H groups in total. The van der Waals surface area contributed by atoms with E-state index < -0.39 is 0 Å². The number of carbonyl (C=O) groups excluding carboxylic acids is 2. The number of H-pyrrole nitrogens is 1. The van der Waals surface area contributed by atoms with E-state index in [2.05, 4.69) is 10.3 Å². The number of rotatable bonds is 5. The molecule has 5 heteroatoms. The third-order valence-corrected chi connectivity index (χ3v) is 2.73. The van der Waals surface area contributed by atoms with E-state index in [0.717, 1.165) is 5.75 Å². The van der Waals surface area contributed by atoms with Gasteiger partial charge in [-0.15, -0.1) is 0 Å². The molecule has 0 aliphatic heterocycles. The van der Waals surface area contributed by atoms with Crippen molar-refractivity contribution in [3.8, 4) is 5.75 Å². The Morgan fingerprint density at radius 3 is 2.30 bits per heavy atom. The summed E-state index contributed by atoms with van der Waals surface area (Å²) < 4.78 is 5.32. The molecule has 0 spiro atoms. The van der Waals surface area contributed by atoms with Gasteiger partial charge in [-0.25, -0.2) is 0 Å². The molecule has 0 atom stereocenters. The monoisotopic (exact) mass is 272 g/mol. The summed E-state index contributed by atoms with van der Waals surface area (Å²) in [6.45, 7) is 3.95. The Labute approximate surface area is 117 Å². The van der Waals surface area contributed by atoms with Crippen molar-refractivity contribution < 1.29 is 14.3 Å². The second-order valence-corrected chi connectivity index (χ2v) is 4.25. The number of anilines is 1. The average Bonchev–Trinajstić information content (AvgIpc) is 2.91. The molecule has 104 valence electrons. The van der Waals surface area contributed by atoms with E-state index >= 15 is 0 Å². The van der Waals surface area contributed by atoms with E-state index in [0.29, 0.717) is 23.7 Å². The van der Waals surface area contributed by atoms with Gasteiger partial charge in [-0.1, -0.05) is 0 Å². The Bertz CT molecular complexity index is 614. The highest BCUT2D eigenvalue weighted by molar-refractivity contribution is 6.04. The molecule has 1 aromatic heterocycles. The fraction of sp³-hybridized carbons (Fsp3) is 0.200. The Balaban J connectivity index is 2.04. The van der Waals surface area contributed by atoms with Crippen LogP contribution in [0.2, 0.25) is 0 Å². The number of amides is 1. The zero-order chi connectivity index (χ0) is 14.5. The maximum atomic E-state index is 12.0. The van der Waals surface area contributed by atoms with E-state index in [4.69, 9.17) is 4.74 Å². The predicted octanol–water partition coefficient (Wildman–Crippen LogP) is 2.87.